The van der Waals surface area contributed by atoms with Crippen LogP contribution in [0.15, 0.2) is 52.7 Å². The molecule has 0 radical (unpaired) electrons. The van der Waals surface area contributed by atoms with Gasteiger partial charge in [-0.25, -0.2) is 8.42 Å². The molecule has 0 saturated carbocycles. The number of β-amino-alcohol motifs (C(OH)–C–C–N with tert-alkyl or cyclic N) is 1. The van der Waals surface area contributed by atoms with Crippen molar-refractivity contribution in [2.45, 2.75) is 68.7 Å². The van der Waals surface area contributed by atoms with Gasteiger partial charge in [0.25, 0.3) is 10.0 Å². The number of aliphatic hydroxyl groups excluding tert-OH is 1. The lowest BCUT2D eigenvalue weighted by Crippen LogP contribution is -2.47. The maximum absolute atomic E-state index is 13.4. The molecule has 1 aliphatic rings. The summed E-state index contributed by atoms with van der Waals surface area (Å²) in [5.41, 5.74) is 5.65. The quantitative estimate of drug-likeness (QED) is 0.232. The molecule has 0 aliphatic heterocycles. The minimum atomic E-state index is -3.91. The van der Waals surface area contributed by atoms with Gasteiger partial charge >= 0.3 is 5.97 Å². The lowest BCUT2D eigenvalue weighted by atomic mass is 9.88. The van der Waals surface area contributed by atoms with Crippen LogP contribution in [0.4, 0.5) is 0 Å². The number of carbonyl (C=O) groups is 1. The summed E-state index contributed by atoms with van der Waals surface area (Å²) in [6.07, 6.45) is 2.43. The highest BCUT2D eigenvalue weighted by Gasteiger charge is 2.30. The summed E-state index contributed by atoms with van der Waals surface area (Å²) in [7, 11) is -2.45. The number of hydrogen-bond donors (Lipinski definition) is 3. The van der Waals surface area contributed by atoms with Gasteiger partial charge in [-0.15, -0.1) is 11.3 Å². The molecule has 1 aromatic heterocycles. The number of rotatable bonds is 13. The van der Waals surface area contributed by atoms with Gasteiger partial charge in [0.05, 0.1) is 6.10 Å². The predicted molar refractivity (Wildman–Crippen MR) is 165 cm³/mol. The number of nitrogens with one attached hydrogen (secondary N) is 1. The average Bonchev–Trinajstić information content (AvgIpc) is 3.49. The van der Waals surface area contributed by atoms with Crippen LogP contribution in [0.2, 0.25) is 4.34 Å². The van der Waals surface area contributed by atoms with Crippen molar-refractivity contribution in [1.29, 1.82) is 0 Å². The van der Waals surface area contributed by atoms with E-state index in [1.54, 1.807) is 6.07 Å². The smallest absolute Gasteiger partial charge is 0.303 e. The van der Waals surface area contributed by atoms with Crippen LogP contribution in [0.25, 0.3) is 11.1 Å². The topological polar surface area (TPSA) is 107 Å². The molecule has 0 spiro atoms. The molecule has 1 heterocycles. The van der Waals surface area contributed by atoms with E-state index in [1.165, 1.54) is 18.2 Å². The first-order chi connectivity index (χ1) is 19.2. The number of aliphatic carboxylic acids is 1. The molecule has 1 aliphatic carbocycles. The van der Waals surface area contributed by atoms with E-state index in [1.807, 2.05) is 25.1 Å². The number of aryl methyl sites for hydroxylation is 2. The number of likely N-dealkylation sites (N-methyl/N-ethyl adjacent to an activating group) is 1. The summed E-state index contributed by atoms with van der Waals surface area (Å²) in [6, 6.07) is 15.8. The number of benzene rings is 2. The van der Waals surface area contributed by atoms with Crippen LogP contribution in [0, 0.1) is 12.8 Å². The fourth-order valence-corrected chi connectivity index (χ4v) is 8.82. The number of thiophene rings is 1. The molecule has 10 heteroatoms. The van der Waals surface area contributed by atoms with Crippen LogP contribution in [0.3, 0.4) is 0 Å². The molecule has 0 bridgehead atoms. The summed E-state index contributed by atoms with van der Waals surface area (Å²) >= 11 is 7.51. The first-order valence-corrected chi connectivity index (χ1v) is 16.5. The largest absolute Gasteiger partial charge is 0.481 e. The van der Waals surface area contributed by atoms with Crippen molar-refractivity contribution in [1.82, 2.24) is 9.62 Å². The molecule has 0 fully saturated rings. The van der Waals surface area contributed by atoms with E-state index < -0.39 is 22.1 Å². The Kier molecular flexibility index (Phi) is 9.99. The number of carboxylic acids is 1. The molecule has 2 aromatic carbocycles. The molecular weight excluding hydrogens is 580 g/mol. The zero-order chi connectivity index (χ0) is 29.9. The molecule has 0 saturated heterocycles. The van der Waals surface area contributed by atoms with E-state index in [-0.39, 0.29) is 29.3 Å². The third kappa shape index (κ3) is 7.97. The molecule has 0 amide bonds. The Morgan fingerprint density at radius 1 is 1.15 bits per heavy atom. The minimum Gasteiger partial charge on any atom is -0.481 e. The van der Waals surface area contributed by atoms with Gasteiger partial charge < -0.3 is 15.5 Å². The molecule has 1 atom stereocenters. The maximum Gasteiger partial charge on any atom is 0.303 e. The molecule has 1 unspecified atom stereocenters. The third-order valence-electron chi connectivity index (χ3n) is 7.71. The standard InChI is InChI=1S/C31H39ClN2O5S2/c1-20-9-10-22(11-12-28(36)37)26(13-20)27-16-29(40-30(27)32)41(38,39)34(4)19-25(35)18-33-31(2,3)17-21-14-23-7-5-6-8-24(23)15-21/h5-10,13,16,21,25,33,35H,11-12,14-15,17-19H2,1-4H3,(H,36,37). The minimum absolute atomic E-state index is 0.0389. The second kappa shape index (κ2) is 12.9. The van der Waals surface area contributed by atoms with Crippen LogP contribution in [0.1, 0.15) is 48.9 Å². The van der Waals surface area contributed by atoms with Gasteiger partial charge in [0.1, 0.15) is 8.55 Å². The van der Waals surface area contributed by atoms with Crippen molar-refractivity contribution < 1.29 is 23.4 Å². The van der Waals surface area contributed by atoms with Crippen molar-refractivity contribution in [3.05, 3.63) is 75.1 Å². The number of halogens is 1. The Labute approximate surface area is 252 Å². The lowest BCUT2D eigenvalue weighted by molar-refractivity contribution is -0.136. The molecule has 222 valence electrons. The predicted octanol–water partition coefficient (Wildman–Crippen LogP) is 5.55. The maximum atomic E-state index is 13.4. The summed E-state index contributed by atoms with van der Waals surface area (Å²) in [5, 5.41) is 23.3. The monoisotopic (exact) mass is 618 g/mol. The molecule has 3 aromatic rings. The number of nitrogens with zero attached hydrogens (tertiary/aromatic N) is 1. The molecule has 41 heavy (non-hydrogen) atoms. The van der Waals surface area contributed by atoms with Gasteiger partial charge in [-0.1, -0.05) is 59.6 Å². The Balaban J connectivity index is 1.38. The molecular formula is C31H39ClN2O5S2. The van der Waals surface area contributed by atoms with Crippen LogP contribution in [-0.4, -0.2) is 60.7 Å². The lowest BCUT2D eigenvalue weighted by Gasteiger charge is -2.31. The first-order valence-electron chi connectivity index (χ1n) is 13.8. The second-order valence-corrected chi connectivity index (χ2v) is 15.7. The molecule has 7 nitrogen and oxygen atoms in total. The molecule has 4 rings (SSSR count). The van der Waals surface area contributed by atoms with Gasteiger partial charge in [0.2, 0.25) is 0 Å². The highest BCUT2D eigenvalue weighted by molar-refractivity contribution is 7.91. The zero-order valence-electron chi connectivity index (χ0n) is 24.0. The van der Waals surface area contributed by atoms with Gasteiger partial charge in [0.15, 0.2) is 0 Å². The highest BCUT2D eigenvalue weighted by Crippen LogP contribution is 2.40. The SMILES string of the molecule is Cc1ccc(CCC(=O)O)c(-c2cc(S(=O)(=O)N(C)CC(O)CNC(C)(C)CC3Cc4ccccc4C3)sc2Cl)c1. The van der Waals surface area contributed by atoms with Gasteiger partial charge in [0, 0.05) is 37.7 Å². The Morgan fingerprint density at radius 3 is 2.44 bits per heavy atom. The van der Waals surface area contributed by atoms with Crippen LogP contribution >= 0.6 is 22.9 Å². The number of fused-ring (bicyclic) bond motifs is 1. The van der Waals surface area contributed by atoms with Crippen LogP contribution in [0.5, 0.6) is 0 Å². The van der Waals surface area contributed by atoms with Crippen molar-refractivity contribution in [3.63, 3.8) is 0 Å². The van der Waals surface area contributed by atoms with E-state index in [9.17, 15) is 18.3 Å². The summed E-state index contributed by atoms with van der Waals surface area (Å²) < 4.78 is 28.4. The third-order valence-corrected chi connectivity index (χ3v) is 11.3. The highest BCUT2D eigenvalue weighted by atomic mass is 35.5. The van der Waals surface area contributed by atoms with E-state index in [2.05, 4.69) is 43.4 Å². The first kappa shape index (κ1) is 31.7. The fourth-order valence-electron chi connectivity index (χ4n) is 5.65. The Morgan fingerprint density at radius 2 is 1.80 bits per heavy atom. The fraction of sp³-hybridized carbons (Fsp3) is 0.452. The summed E-state index contributed by atoms with van der Waals surface area (Å²) in [4.78, 5) is 11.1. The van der Waals surface area contributed by atoms with Gasteiger partial charge in [-0.2, -0.15) is 4.31 Å². The zero-order valence-corrected chi connectivity index (χ0v) is 26.4. The second-order valence-electron chi connectivity index (χ2n) is 11.8. The Hall–Kier alpha value is -2.27. The van der Waals surface area contributed by atoms with Crippen molar-refractivity contribution in [2.75, 3.05) is 20.1 Å². The number of aliphatic hydroxyl groups is 1. The van der Waals surface area contributed by atoms with Crippen molar-refractivity contribution in [3.8, 4) is 11.1 Å². The van der Waals surface area contributed by atoms with Gasteiger partial charge in [-0.3, -0.25) is 4.79 Å². The van der Waals surface area contributed by atoms with E-state index >= 15 is 0 Å². The number of hydrogen-bond acceptors (Lipinski definition) is 6. The summed E-state index contributed by atoms with van der Waals surface area (Å²) in [5.74, 6) is -0.371. The van der Waals surface area contributed by atoms with Crippen LogP contribution in [-0.2, 0) is 34.1 Å². The number of sulfonamides is 1. The van der Waals surface area contributed by atoms with E-state index in [0.29, 0.717) is 22.2 Å². The van der Waals surface area contributed by atoms with Crippen molar-refractivity contribution in [2.24, 2.45) is 5.92 Å². The Bertz CT molecular complexity index is 1480. The molecule has 3 N–H and O–H groups in total. The van der Waals surface area contributed by atoms with Crippen LogP contribution < -0.4 is 5.32 Å². The number of carboxylic acid groups (broad SMARTS) is 1. The van der Waals surface area contributed by atoms with E-state index in [4.69, 9.17) is 16.7 Å². The van der Waals surface area contributed by atoms with E-state index in [0.717, 1.165) is 51.6 Å². The van der Waals surface area contributed by atoms with Crippen molar-refractivity contribution >= 4 is 38.9 Å². The summed E-state index contributed by atoms with van der Waals surface area (Å²) in [6.45, 7) is 6.35. The normalized spacial score (nSPS) is 14.9. The van der Waals surface area contributed by atoms with Gasteiger partial charge in [-0.05, 0) is 80.7 Å². The average molecular weight is 619 g/mol.